The fraction of sp³-hybridized carbons (Fsp3) is 0.269. The summed E-state index contributed by atoms with van der Waals surface area (Å²) in [5, 5.41) is 2.91. The Labute approximate surface area is 200 Å². The van der Waals surface area contributed by atoms with Crippen LogP contribution in [0.1, 0.15) is 29.7 Å². The fourth-order valence-corrected chi connectivity index (χ4v) is 5.18. The number of amides is 1. The average molecular weight is 481 g/mol. The number of hydrogen-bond acceptors (Lipinski definition) is 5. The lowest BCUT2D eigenvalue weighted by atomic mass is 10.1. The molecule has 0 aromatic heterocycles. The molecule has 4 rings (SSSR count). The second kappa shape index (κ2) is 9.77. The van der Waals surface area contributed by atoms with E-state index in [9.17, 15) is 13.2 Å². The fourth-order valence-electron chi connectivity index (χ4n) is 3.75. The largest absolute Gasteiger partial charge is 0.486 e. The lowest BCUT2D eigenvalue weighted by molar-refractivity contribution is -0.120. The molecule has 0 saturated heterocycles. The maximum atomic E-state index is 13.5. The topological polar surface area (TPSA) is 84.9 Å². The number of sulfonamides is 1. The monoisotopic (exact) mass is 480 g/mol. The quantitative estimate of drug-likeness (QED) is 0.549. The number of benzene rings is 3. The van der Waals surface area contributed by atoms with Crippen molar-refractivity contribution in [1.29, 1.82) is 0 Å². The van der Waals surface area contributed by atoms with Crippen molar-refractivity contribution >= 4 is 21.6 Å². The molecule has 7 nitrogen and oxygen atoms in total. The zero-order chi connectivity index (χ0) is 24.3. The summed E-state index contributed by atoms with van der Waals surface area (Å²) in [4.78, 5) is 13.2. The van der Waals surface area contributed by atoms with Crippen molar-refractivity contribution in [2.75, 3.05) is 24.1 Å². The van der Waals surface area contributed by atoms with Gasteiger partial charge in [0.15, 0.2) is 11.5 Å². The number of fused-ring (bicyclic) bond motifs is 1. The van der Waals surface area contributed by atoms with Crippen molar-refractivity contribution in [2.45, 2.75) is 31.7 Å². The highest BCUT2D eigenvalue weighted by Crippen LogP contribution is 2.32. The second-order valence-electron chi connectivity index (χ2n) is 8.29. The van der Waals surface area contributed by atoms with Crippen LogP contribution in [0.4, 0.5) is 5.69 Å². The van der Waals surface area contributed by atoms with E-state index in [1.165, 1.54) is 12.1 Å². The van der Waals surface area contributed by atoms with E-state index in [2.05, 4.69) is 5.32 Å². The molecule has 8 heteroatoms. The van der Waals surface area contributed by atoms with Crippen LogP contribution in [0, 0.1) is 13.8 Å². The maximum absolute atomic E-state index is 13.5. The Morgan fingerprint density at radius 2 is 1.65 bits per heavy atom. The Morgan fingerprint density at radius 3 is 2.35 bits per heavy atom. The van der Waals surface area contributed by atoms with Crippen LogP contribution >= 0.6 is 0 Å². The van der Waals surface area contributed by atoms with E-state index in [-0.39, 0.29) is 17.5 Å². The van der Waals surface area contributed by atoms with Gasteiger partial charge < -0.3 is 14.8 Å². The van der Waals surface area contributed by atoms with Gasteiger partial charge in [0.2, 0.25) is 5.91 Å². The van der Waals surface area contributed by atoms with Gasteiger partial charge in [0.1, 0.15) is 19.8 Å². The van der Waals surface area contributed by atoms with Gasteiger partial charge in [-0.05, 0) is 73.9 Å². The average Bonchev–Trinajstić information content (AvgIpc) is 2.84. The molecule has 1 atom stereocenters. The summed E-state index contributed by atoms with van der Waals surface area (Å²) in [6, 6.07) is 18.6. The Hall–Kier alpha value is -3.52. The molecule has 1 amide bonds. The molecule has 0 fully saturated rings. The smallest absolute Gasteiger partial charge is 0.264 e. The molecule has 1 heterocycles. The summed E-state index contributed by atoms with van der Waals surface area (Å²) in [5.74, 6) is 0.886. The third-order valence-electron chi connectivity index (χ3n) is 5.84. The van der Waals surface area contributed by atoms with Crippen molar-refractivity contribution in [3.8, 4) is 11.5 Å². The molecule has 0 radical (unpaired) electrons. The third-order valence-corrected chi connectivity index (χ3v) is 7.63. The summed E-state index contributed by atoms with van der Waals surface area (Å²) in [5.41, 5.74) is 3.25. The first-order valence-electron chi connectivity index (χ1n) is 11.1. The Morgan fingerprint density at radius 1 is 0.941 bits per heavy atom. The molecule has 1 N–H and O–H groups in total. The van der Waals surface area contributed by atoms with Gasteiger partial charge in [-0.25, -0.2) is 8.42 Å². The number of anilines is 1. The minimum Gasteiger partial charge on any atom is -0.486 e. The molecule has 34 heavy (non-hydrogen) atoms. The van der Waals surface area contributed by atoms with Crippen molar-refractivity contribution in [3.63, 3.8) is 0 Å². The first kappa shape index (κ1) is 23.6. The Kier molecular flexibility index (Phi) is 6.79. The van der Waals surface area contributed by atoms with Gasteiger partial charge in [-0.2, -0.15) is 0 Å². The van der Waals surface area contributed by atoms with Gasteiger partial charge in [-0.15, -0.1) is 0 Å². The molecule has 0 saturated carbocycles. The number of carbonyl (C=O) groups excluding carboxylic acids is 1. The molecule has 0 aliphatic carbocycles. The summed E-state index contributed by atoms with van der Waals surface area (Å²) in [6.45, 7) is 6.33. The van der Waals surface area contributed by atoms with Crippen LogP contribution in [-0.2, 0) is 14.8 Å². The molecule has 1 aliphatic heterocycles. The molecule has 1 aliphatic rings. The minimum atomic E-state index is -3.96. The predicted octanol–water partition coefficient (Wildman–Crippen LogP) is 4.15. The van der Waals surface area contributed by atoms with E-state index in [0.29, 0.717) is 30.4 Å². The van der Waals surface area contributed by atoms with E-state index in [1.807, 2.05) is 45.0 Å². The van der Waals surface area contributed by atoms with E-state index in [4.69, 9.17) is 9.47 Å². The lowest BCUT2D eigenvalue weighted by Gasteiger charge is -2.26. The SMILES string of the molecule is Cc1ccc(N(CC(=O)N[C@@H](C)c2ccc3c(c2)OCCO3)S(=O)(=O)c2ccccc2)cc1C. The van der Waals surface area contributed by atoms with E-state index in [0.717, 1.165) is 21.0 Å². The normalized spacial score (nSPS) is 13.7. The van der Waals surface area contributed by atoms with Crippen LogP contribution in [0.3, 0.4) is 0 Å². The van der Waals surface area contributed by atoms with Crippen molar-refractivity contribution in [2.24, 2.45) is 0 Å². The van der Waals surface area contributed by atoms with Crippen LogP contribution in [0.5, 0.6) is 11.5 Å². The molecule has 3 aromatic rings. The van der Waals surface area contributed by atoms with Gasteiger partial charge in [-0.3, -0.25) is 9.10 Å². The van der Waals surface area contributed by atoms with Crippen molar-refractivity contribution < 1.29 is 22.7 Å². The number of nitrogens with one attached hydrogen (secondary N) is 1. The summed E-state index contributed by atoms with van der Waals surface area (Å²) in [7, 11) is -3.96. The second-order valence-corrected chi connectivity index (χ2v) is 10.1. The number of carbonyl (C=O) groups is 1. The molecule has 178 valence electrons. The summed E-state index contributed by atoms with van der Waals surface area (Å²) < 4.78 is 39.3. The van der Waals surface area contributed by atoms with Crippen LogP contribution in [0.25, 0.3) is 0 Å². The van der Waals surface area contributed by atoms with E-state index in [1.54, 1.807) is 30.3 Å². The Bertz CT molecular complexity index is 1290. The highest BCUT2D eigenvalue weighted by molar-refractivity contribution is 7.92. The number of rotatable bonds is 7. The van der Waals surface area contributed by atoms with Gasteiger partial charge in [-0.1, -0.05) is 30.3 Å². The molecule has 3 aromatic carbocycles. The lowest BCUT2D eigenvalue weighted by Crippen LogP contribution is -2.41. The number of nitrogens with zero attached hydrogens (tertiary/aromatic N) is 1. The van der Waals surface area contributed by atoms with Gasteiger partial charge in [0, 0.05) is 0 Å². The van der Waals surface area contributed by atoms with Crippen LogP contribution in [0.15, 0.2) is 71.6 Å². The molecule has 0 bridgehead atoms. The number of ether oxygens (including phenoxy) is 2. The standard InChI is InChI=1S/C26H28N2O5S/c1-18-9-11-22(15-19(18)2)28(34(30,31)23-7-5-4-6-8-23)17-26(29)27-20(3)21-10-12-24-25(16-21)33-14-13-32-24/h4-12,15-16,20H,13-14,17H2,1-3H3,(H,27,29)/t20-/m0/s1. The zero-order valence-electron chi connectivity index (χ0n) is 19.4. The van der Waals surface area contributed by atoms with E-state index < -0.39 is 15.9 Å². The minimum absolute atomic E-state index is 0.126. The summed E-state index contributed by atoms with van der Waals surface area (Å²) >= 11 is 0. The zero-order valence-corrected chi connectivity index (χ0v) is 20.3. The Balaban J connectivity index is 1.58. The third kappa shape index (κ3) is 5.02. The highest BCUT2D eigenvalue weighted by atomic mass is 32.2. The highest BCUT2D eigenvalue weighted by Gasteiger charge is 2.28. The predicted molar refractivity (Wildman–Crippen MR) is 131 cm³/mol. The van der Waals surface area contributed by atoms with Crippen molar-refractivity contribution in [1.82, 2.24) is 5.32 Å². The summed E-state index contributed by atoms with van der Waals surface area (Å²) in [6.07, 6.45) is 0. The molecule has 0 spiro atoms. The van der Waals surface area contributed by atoms with E-state index >= 15 is 0 Å². The number of aryl methyl sites for hydroxylation is 2. The van der Waals surface area contributed by atoms with Crippen LogP contribution in [0.2, 0.25) is 0 Å². The molecular formula is C26H28N2O5S. The van der Waals surface area contributed by atoms with Crippen LogP contribution < -0.4 is 19.1 Å². The van der Waals surface area contributed by atoms with Crippen LogP contribution in [-0.4, -0.2) is 34.1 Å². The first-order valence-corrected chi connectivity index (χ1v) is 12.5. The number of hydrogen-bond donors (Lipinski definition) is 1. The maximum Gasteiger partial charge on any atom is 0.264 e. The molecule has 0 unspecified atom stereocenters. The van der Waals surface area contributed by atoms with Gasteiger partial charge >= 0.3 is 0 Å². The molecular weight excluding hydrogens is 452 g/mol. The van der Waals surface area contributed by atoms with Gasteiger partial charge in [0.05, 0.1) is 16.6 Å². The van der Waals surface area contributed by atoms with Crippen molar-refractivity contribution in [3.05, 3.63) is 83.4 Å². The van der Waals surface area contributed by atoms with Gasteiger partial charge in [0.25, 0.3) is 10.0 Å². The first-order chi connectivity index (χ1) is 16.3.